The Hall–Kier alpha value is -4.72. The minimum Gasteiger partial charge on any atom is -0.341 e. The molecule has 4 heterocycles. The van der Waals surface area contributed by atoms with E-state index in [0.29, 0.717) is 30.2 Å². The zero-order valence-electron chi connectivity index (χ0n) is 22.4. The average molecular weight is 543 g/mol. The number of nitriles is 1. The molecule has 1 N–H and O–H groups in total. The van der Waals surface area contributed by atoms with Crippen molar-refractivity contribution in [3.05, 3.63) is 65.3 Å². The molecule has 3 aromatic heterocycles. The molecule has 1 aromatic carbocycles. The molecule has 0 spiro atoms. The normalized spacial score (nSPS) is 13.5. The van der Waals surface area contributed by atoms with Crippen molar-refractivity contribution in [3.8, 4) is 17.3 Å². The van der Waals surface area contributed by atoms with Gasteiger partial charge in [0.15, 0.2) is 11.6 Å². The molecule has 204 valence electrons. The van der Waals surface area contributed by atoms with Crippen LogP contribution in [0.15, 0.2) is 42.2 Å². The van der Waals surface area contributed by atoms with Crippen molar-refractivity contribution in [1.29, 1.82) is 5.26 Å². The minimum atomic E-state index is -0.674. The van der Waals surface area contributed by atoms with Crippen LogP contribution in [0, 0.1) is 29.9 Å². The number of aromatic nitrogens is 5. The van der Waals surface area contributed by atoms with Gasteiger partial charge in [0.2, 0.25) is 11.9 Å². The number of aryl methyl sites for hydroxylation is 1. The van der Waals surface area contributed by atoms with Crippen LogP contribution in [0.1, 0.15) is 50.5 Å². The number of pyridine rings is 1. The number of fused-ring (bicyclic) bond motifs is 1. The first-order valence-electron chi connectivity index (χ1n) is 13.0. The van der Waals surface area contributed by atoms with Gasteiger partial charge in [-0.15, -0.1) is 0 Å². The first-order valence-corrected chi connectivity index (χ1v) is 13.0. The van der Waals surface area contributed by atoms with Gasteiger partial charge in [-0.25, -0.2) is 28.7 Å². The number of carbonyl (C=O) groups is 1. The lowest BCUT2D eigenvalue weighted by Gasteiger charge is -2.27. The fourth-order valence-electron chi connectivity index (χ4n) is 4.97. The maximum absolute atomic E-state index is 15.0. The number of imidazole rings is 1. The van der Waals surface area contributed by atoms with E-state index in [1.54, 1.807) is 23.2 Å². The number of hydrogen-bond donors (Lipinski definition) is 1. The van der Waals surface area contributed by atoms with E-state index in [2.05, 4.69) is 25.3 Å². The van der Waals surface area contributed by atoms with E-state index in [-0.39, 0.29) is 41.1 Å². The third-order valence-corrected chi connectivity index (χ3v) is 6.84. The van der Waals surface area contributed by atoms with Gasteiger partial charge in [-0.05, 0) is 63.4 Å². The number of likely N-dealkylation sites (tertiary alicyclic amines) is 1. The van der Waals surface area contributed by atoms with E-state index in [9.17, 15) is 13.6 Å². The van der Waals surface area contributed by atoms with Crippen molar-refractivity contribution in [2.24, 2.45) is 0 Å². The highest BCUT2D eigenvalue weighted by atomic mass is 19.1. The maximum Gasteiger partial charge on any atom is 0.236 e. The van der Waals surface area contributed by atoms with Gasteiger partial charge in [0.05, 0.1) is 17.8 Å². The molecule has 40 heavy (non-hydrogen) atoms. The summed E-state index contributed by atoms with van der Waals surface area (Å²) in [6.07, 6.45) is 6.19. The van der Waals surface area contributed by atoms with Crippen LogP contribution in [-0.2, 0) is 4.79 Å². The van der Waals surface area contributed by atoms with Crippen LogP contribution in [-0.4, -0.2) is 48.4 Å². The Kier molecular flexibility index (Phi) is 7.51. The summed E-state index contributed by atoms with van der Waals surface area (Å²) in [5.41, 5.74) is 3.16. The Morgan fingerprint density at radius 1 is 1.12 bits per heavy atom. The van der Waals surface area contributed by atoms with Crippen molar-refractivity contribution in [2.75, 3.05) is 18.4 Å². The first kappa shape index (κ1) is 26.9. The largest absolute Gasteiger partial charge is 0.341 e. The SMILES string of the molecule is Cc1nc2c(F)cc(-c3nc(Nc4ccc(C=C5CCN(C(=O)CC#N)CC5)cn4)ncc3F)cc2n1C(C)C. The smallest absolute Gasteiger partial charge is 0.236 e. The lowest BCUT2D eigenvalue weighted by molar-refractivity contribution is -0.130. The predicted molar refractivity (Wildman–Crippen MR) is 147 cm³/mol. The molecule has 1 aliphatic heterocycles. The second-order valence-corrected chi connectivity index (χ2v) is 9.96. The van der Waals surface area contributed by atoms with Gasteiger partial charge in [0, 0.05) is 30.9 Å². The zero-order chi connectivity index (χ0) is 28.4. The lowest BCUT2D eigenvalue weighted by atomic mass is 10.0. The quantitative estimate of drug-likeness (QED) is 0.332. The molecule has 5 rings (SSSR count). The molecule has 0 saturated carbocycles. The number of nitrogens with one attached hydrogen (secondary N) is 1. The molecule has 0 atom stereocenters. The van der Waals surface area contributed by atoms with Gasteiger partial charge in [0.1, 0.15) is 29.3 Å². The Labute approximate surface area is 230 Å². The number of hydrogen-bond acceptors (Lipinski definition) is 7. The van der Waals surface area contributed by atoms with Crippen LogP contribution in [0.5, 0.6) is 0 Å². The van der Waals surface area contributed by atoms with Gasteiger partial charge >= 0.3 is 0 Å². The van der Waals surface area contributed by atoms with E-state index < -0.39 is 11.6 Å². The van der Waals surface area contributed by atoms with Crippen molar-refractivity contribution in [1.82, 2.24) is 29.4 Å². The van der Waals surface area contributed by atoms with Gasteiger partial charge in [-0.3, -0.25) is 4.79 Å². The second kappa shape index (κ2) is 11.2. The van der Waals surface area contributed by atoms with Gasteiger partial charge < -0.3 is 14.8 Å². The number of benzene rings is 1. The van der Waals surface area contributed by atoms with Crippen LogP contribution >= 0.6 is 0 Å². The monoisotopic (exact) mass is 542 g/mol. The summed E-state index contributed by atoms with van der Waals surface area (Å²) in [5, 5.41) is 11.7. The summed E-state index contributed by atoms with van der Waals surface area (Å²) < 4.78 is 31.7. The molecule has 4 aromatic rings. The lowest BCUT2D eigenvalue weighted by Crippen LogP contribution is -2.35. The van der Waals surface area contributed by atoms with E-state index in [4.69, 9.17) is 5.26 Å². The highest BCUT2D eigenvalue weighted by Gasteiger charge is 2.20. The third-order valence-electron chi connectivity index (χ3n) is 6.84. The topological polar surface area (TPSA) is 113 Å². The summed E-state index contributed by atoms with van der Waals surface area (Å²) in [4.78, 5) is 30.7. The molecule has 0 bridgehead atoms. The number of halogens is 2. The molecule has 0 aliphatic carbocycles. The minimum absolute atomic E-state index is 0.0339. The molecule has 1 fully saturated rings. The number of piperidine rings is 1. The van der Waals surface area contributed by atoms with Gasteiger partial charge in [-0.2, -0.15) is 5.26 Å². The summed E-state index contributed by atoms with van der Waals surface area (Å²) in [6, 6.07) is 8.53. The molecule has 1 aliphatic rings. The maximum atomic E-state index is 15.0. The first-order chi connectivity index (χ1) is 19.2. The van der Waals surface area contributed by atoms with Crippen molar-refractivity contribution in [2.45, 2.75) is 46.1 Å². The van der Waals surface area contributed by atoms with Crippen LogP contribution in [0.4, 0.5) is 20.5 Å². The van der Waals surface area contributed by atoms with Crippen molar-refractivity contribution >= 4 is 34.8 Å². The summed E-state index contributed by atoms with van der Waals surface area (Å²) in [5.74, 6) is -0.0915. The highest BCUT2D eigenvalue weighted by Crippen LogP contribution is 2.30. The molecule has 0 radical (unpaired) electrons. The molecule has 1 saturated heterocycles. The average Bonchev–Trinajstić information content (AvgIpc) is 3.28. The van der Waals surface area contributed by atoms with E-state index in [1.165, 1.54) is 11.6 Å². The third kappa shape index (κ3) is 5.52. The van der Waals surface area contributed by atoms with Crippen LogP contribution in [0.25, 0.3) is 28.4 Å². The van der Waals surface area contributed by atoms with Crippen molar-refractivity contribution in [3.63, 3.8) is 0 Å². The van der Waals surface area contributed by atoms with Crippen LogP contribution < -0.4 is 5.32 Å². The number of amides is 1. The predicted octanol–water partition coefficient (Wildman–Crippen LogP) is 5.72. The molecule has 9 nitrogen and oxygen atoms in total. The van der Waals surface area contributed by atoms with Crippen molar-refractivity contribution < 1.29 is 13.6 Å². The fraction of sp³-hybridized carbons (Fsp3) is 0.310. The van der Waals surface area contributed by atoms with Gasteiger partial charge in [-0.1, -0.05) is 11.6 Å². The summed E-state index contributed by atoms with van der Waals surface area (Å²) in [6.45, 7) is 6.96. The highest BCUT2D eigenvalue weighted by molar-refractivity contribution is 5.83. The fourth-order valence-corrected chi connectivity index (χ4v) is 4.97. The summed E-state index contributed by atoms with van der Waals surface area (Å²) >= 11 is 0. The number of carbonyl (C=O) groups excluding carboxylic acids is 1. The second-order valence-electron chi connectivity index (χ2n) is 9.96. The summed E-state index contributed by atoms with van der Waals surface area (Å²) in [7, 11) is 0. The Morgan fingerprint density at radius 3 is 2.58 bits per heavy atom. The Balaban J connectivity index is 1.33. The van der Waals surface area contributed by atoms with E-state index in [0.717, 1.165) is 24.6 Å². The van der Waals surface area contributed by atoms with Crippen LogP contribution in [0.2, 0.25) is 0 Å². The number of nitrogens with zero attached hydrogens (tertiary/aromatic N) is 7. The molecule has 11 heteroatoms. The van der Waals surface area contributed by atoms with E-state index in [1.807, 2.05) is 43.5 Å². The number of rotatable bonds is 6. The molecular formula is C29H28F2N8O. The molecular weight excluding hydrogens is 514 g/mol. The Morgan fingerprint density at radius 2 is 1.90 bits per heavy atom. The Bertz CT molecular complexity index is 1640. The molecule has 0 unspecified atom stereocenters. The standard InChI is InChI=1S/C29H28F2N8O/c1-17(2)39-18(3)35-28-22(30)13-21(14-24(28)39)27-23(31)16-34-29(37-27)36-25-5-4-20(15-33-25)12-19-7-10-38(11-8-19)26(40)6-9-32/h4-5,12-17H,6-8,10-11H2,1-3H3,(H,33,34,36,37). The number of anilines is 2. The molecule has 1 amide bonds. The van der Waals surface area contributed by atoms with Crippen LogP contribution in [0.3, 0.4) is 0 Å². The van der Waals surface area contributed by atoms with Gasteiger partial charge in [0.25, 0.3) is 0 Å². The van der Waals surface area contributed by atoms with E-state index >= 15 is 0 Å². The zero-order valence-corrected chi connectivity index (χ0v) is 22.4.